The minimum atomic E-state index is -5.10. The van der Waals surface area contributed by atoms with E-state index in [1.54, 1.807) is 0 Å². The van der Waals surface area contributed by atoms with E-state index < -0.39 is 51.3 Å². The van der Waals surface area contributed by atoms with Gasteiger partial charge in [0.05, 0.1) is 18.1 Å². The van der Waals surface area contributed by atoms with E-state index in [0.717, 1.165) is 65.2 Å². The maximum Gasteiger partial charge on any atom is 0.397 e. The van der Waals surface area contributed by atoms with E-state index in [9.17, 15) is 37.9 Å². The standard InChI is InChI=1S/C40H78O9S/c1-6-8-10-12-14-16-18-20-22-24-26-28-30-32-36(42)38(4,44)40(35(3)41,34-49-50(46,47)48)39(5,45)37(43)33-31-29-27-25-23-21-19-17-15-13-11-9-7-2/h35,41,44-45H,6-34H2,1-5H3,(H,46,47,48). The van der Waals surface area contributed by atoms with Gasteiger partial charge in [-0.15, -0.1) is 0 Å². The molecule has 0 aromatic heterocycles. The number of hydrogen-bond acceptors (Lipinski definition) is 8. The van der Waals surface area contributed by atoms with Gasteiger partial charge in [-0.05, 0) is 33.6 Å². The third-order valence-corrected chi connectivity index (χ3v) is 11.4. The van der Waals surface area contributed by atoms with Gasteiger partial charge in [-0.1, -0.05) is 168 Å². The summed E-state index contributed by atoms with van der Waals surface area (Å²) in [6.07, 6.45) is 27.0. The molecule has 0 bridgehead atoms. The van der Waals surface area contributed by atoms with Crippen molar-refractivity contribution >= 4 is 22.0 Å². The van der Waals surface area contributed by atoms with Gasteiger partial charge in [0.15, 0.2) is 11.6 Å². The lowest BCUT2D eigenvalue weighted by molar-refractivity contribution is -0.229. The molecule has 0 aromatic rings. The second-order valence-electron chi connectivity index (χ2n) is 15.3. The van der Waals surface area contributed by atoms with Crippen molar-refractivity contribution in [2.75, 3.05) is 6.61 Å². The Bertz CT molecular complexity index is 921. The maximum atomic E-state index is 13.5. The number of ketones is 2. The van der Waals surface area contributed by atoms with Crippen molar-refractivity contribution in [3.05, 3.63) is 0 Å². The second-order valence-corrected chi connectivity index (χ2v) is 16.4. The lowest BCUT2D eigenvalue weighted by Gasteiger charge is -2.53. The lowest BCUT2D eigenvalue weighted by Crippen LogP contribution is -2.72. The van der Waals surface area contributed by atoms with Crippen LogP contribution in [-0.4, -0.2) is 63.8 Å². The van der Waals surface area contributed by atoms with E-state index in [-0.39, 0.29) is 12.8 Å². The van der Waals surface area contributed by atoms with E-state index in [1.807, 2.05) is 0 Å². The average molecular weight is 735 g/mol. The first-order valence-corrected chi connectivity index (χ1v) is 21.8. The normalized spacial score (nSPS) is 16.4. The van der Waals surface area contributed by atoms with E-state index in [0.29, 0.717) is 12.8 Å². The number of rotatable bonds is 36. The molecule has 50 heavy (non-hydrogen) atoms. The highest BCUT2D eigenvalue weighted by Crippen LogP contribution is 2.48. The molecule has 0 spiro atoms. The van der Waals surface area contributed by atoms with Gasteiger partial charge in [-0.25, -0.2) is 4.18 Å². The Morgan fingerprint density at radius 2 is 0.780 bits per heavy atom. The summed E-state index contributed by atoms with van der Waals surface area (Å²) in [6.45, 7) is 6.62. The fourth-order valence-electron chi connectivity index (χ4n) is 7.45. The average Bonchev–Trinajstić information content (AvgIpc) is 3.04. The first kappa shape index (κ1) is 49.1. The van der Waals surface area contributed by atoms with Crippen LogP contribution in [0.4, 0.5) is 0 Å². The monoisotopic (exact) mass is 735 g/mol. The molecule has 9 nitrogen and oxygen atoms in total. The third-order valence-electron chi connectivity index (χ3n) is 11.0. The zero-order chi connectivity index (χ0) is 37.9. The zero-order valence-electron chi connectivity index (χ0n) is 32.8. The van der Waals surface area contributed by atoms with Crippen molar-refractivity contribution in [1.29, 1.82) is 0 Å². The highest BCUT2D eigenvalue weighted by Gasteiger charge is 2.66. The molecule has 0 rings (SSSR count). The minimum Gasteiger partial charge on any atom is -0.392 e. The van der Waals surface area contributed by atoms with Crippen LogP contribution < -0.4 is 0 Å². The summed E-state index contributed by atoms with van der Waals surface area (Å²) >= 11 is 0. The van der Waals surface area contributed by atoms with E-state index >= 15 is 0 Å². The highest BCUT2D eigenvalue weighted by atomic mass is 32.3. The molecule has 0 saturated carbocycles. The van der Waals surface area contributed by atoms with Crippen molar-refractivity contribution in [3.63, 3.8) is 0 Å². The fourth-order valence-corrected chi connectivity index (χ4v) is 7.78. The summed E-state index contributed by atoms with van der Waals surface area (Å²) < 4.78 is 37.3. The quantitative estimate of drug-likeness (QED) is 0.0363. The molecule has 0 fully saturated rings. The molecule has 10 heteroatoms. The number of unbranched alkanes of at least 4 members (excludes halogenated alkanes) is 24. The molecule has 298 valence electrons. The molecule has 0 aromatic carbocycles. The van der Waals surface area contributed by atoms with Crippen LogP contribution in [0.15, 0.2) is 0 Å². The lowest BCUT2D eigenvalue weighted by atomic mass is 9.56. The number of aliphatic hydroxyl groups is 3. The van der Waals surface area contributed by atoms with E-state index in [1.165, 1.54) is 110 Å². The van der Waals surface area contributed by atoms with Gasteiger partial charge < -0.3 is 15.3 Å². The van der Waals surface area contributed by atoms with Crippen LogP contribution in [0.1, 0.15) is 214 Å². The van der Waals surface area contributed by atoms with Crippen LogP contribution in [0.2, 0.25) is 0 Å². The van der Waals surface area contributed by atoms with Gasteiger partial charge >= 0.3 is 10.4 Å². The Morgan fingerprint density at radius 1 is 0.540 bits per heavy atom. The van der Waals surface area contributed by atoms with Crippen LogP contribution in [0.3, 0.4) is 0 Å². The summed E-state index contributed by atoms with van der Waals surface area (Å²) in [6, 6.07) is 0. The summed E-state index contributed by atoms with van der Waals surface area (Å²) in [5.41, 5.74) is -7.59. The first-order chi connectivity index (χ1) is 23.6. The van der Waals surface area contributed by atoms with E-state index in [4.69, 9.17) is 0 Å². The fraction of sp³-hybridized carbons (Fsp3) is 0.950. The van der Waals surface area contributed by atoms with Crippen LogP contribution in [0.25, 0.3) is 0 Å². The van der Waals surface area contributed by atoms with Crippen molar-refractivity contribution in [3.8, 4) is 0 Å². The molecule has 4 N–H and O–H groups in total. The van der Waals surface area contributed by atoms with Crippen molar-refractivity contribution in [2.24, 2.45) is 5.41 Å². The predicted octanol–water partition coefficient (Wildman–Crippen LogP) is 9.78. The van der Waals surface area contributed by atoms with Crippen molar-refractivity contribution in [2.45, 2.75) is 232 Å². The van der Waals surface area contributed by atoms with E-state index in [2.05, 4.69) is 18.0 Å². The summed E-state index contributed by atoms with van der Waals surface area (Å²) in [5.74, 6) is -1.48. The predicted molar refractivity (Wildman–Crippen MR) is 203 cm³/mol. The molecular weight excluding hydrogens is 656 g/mol. The molecule has 0 saturated heterocycles. The smallest absolute Gasteiger partial charge is 0.392 e. The first-order valence-electron chi connectivity index (χ1n) is 20.4. The van der Waals surface area contributed by atoms with Gasteiger partial charge in [0, 0.05) is 12.8 Å². The summed E-state index contributed by atoms with van der Waals surface area (Å²) in [5, 5.41) is 34.5. The van der Waals surface area contributed by atoms with Gasteiger partial charge in [0.1, 0.15) is 11.2 Å². The molecule has 0 aliphatic carbocycles. The Balaban J connectivity index is 5.08. The molecule has 3 unspecified atom stereocenters. The molecule has 0 aliphatic rings. The number of carbonyl (C=O) groups excluding carboxylic acids is 2. The topological polar surface area (TPSA) is 158 Å². The second kappa shape index (κ2) is 27.7. The number of aliphatic hydroxyl groups excluding tert-OH is 1. The van der Waals surface area contributed by atoms with Gasteiger partial charge in [-0.2, -0.15) is 8.42 Å². The zero-order valence-corrected chi connectivity index (χ0v) is 33.6. The number of hydrogen-bond donors (Lipinski definition) is 4. The molecule has 0 radical (unpaired) electrons. The maximum absolute atomic E-state index is 13.5. The number of carbonyl (C=O) groups is 2. The number of Topliss-reactive ketones (excluding diaryl/α,β-unsaturated/α-hetero) is 2. The Morgan fingerprint density at radius 3 is 1.00 bits per heavy atom. The molecule has 3 atom stereocenters. The Hall–Kier alpha value is -0.910. The largest absolute Gasteiger partial charge is 0.397 e. The third kappa shape index (κ3) is 19.2. The highest BCUT2D eigenvalue weighted by molar-refractivity contribution is 7.80. The van der Waals surface area contributed by atoms with Crippen LogP contribution >= 0.6 is 0 Å². The molecule has 0 aliphatic heterocycles. The van der Waals surface area contributed by atoms with Crippen LogP contribution in [0, 0.1) is 5.41 Å². The summed E-state index contributed by atoms with van der Waals surface area (Å²) in [7, 11) is -5.10. The van der Waals surface area contributed by atoms with Gasteiger partial charge in [0.2, 0.25) is 0 Å². The SMILES string of the molecule is CCCCCCCCCCCCCCCC(=O)C(C)(O)C(COS(=O)(=O)O)(C(C)O)C(C)(O)C(=O)CCCCCCCCCCCCCCC. The molecular formula is C40H78O9S. The molecule has 0 heterocycles. The van der Waals surface area contributed by atoms with Crippen molar-refractivity contribution in [1.82, 2.24) is 0 Å². The van der Waals surface area contributed by atoms with Gasteiger partial charge in [0.25, 0.3) is 0 Å². The van der Waals surface area contributed by atoms with Gasteiger partial charge in [-0.3, -0.25) is 14.1 Å². The summed E-state index contributed by atoms with van der Waals surface area (Å²) in [4.78, 5) is 27.1. The molecule has 0 amide bonds. The van der Waals surface area contributed by atoms with Crippen molar-refractivity contribution < 1.29 is 42.1 Å². The Kier molecular flexibility index (Phi) is 27.2. The van der Waals surface area contributed by atoms with Crippen LogP contribution in [0.5, 0.6) is 0 Å². The van der Waals surface area contributed by atoms with Crippen LogP contribution in [-0.2, 0) is 24.2 Å². The Labute approximate surface area is 307 Å². The minimum absolute atomic E-state index is 0.0891.